The highest BCUT2D eigenvalue weighted by Gasteiger charge is 2.35. The molecule has 1 heterocycles. The first kappa shape index (κ1) is 14.0. The molecule has 100 valence electrons. The molecule has 1 aromatic heterocycles. The van der Waals surface area contributed by atoms with Gasteiger partial charge in [-0.3, -0.25) is 4.98 Å². The summed E-state index contributed by atoms with van der Waals surface area (Å²) in [5.41, 5.74) is 0.443. The topological polar surface area (TPSA) is 33.1 Å². The molecule has 1 N–H and O–H groups in total. The van der Waals surface area contributed by atoms with Gasteiger partial charge >= 0.3 is 0 Å². The van der Waals surface area contributed by atoms with Crippen LogP contribution in [-0.2, 0) is 6.42 Å². The minimum absolute atomic E-state index is 0.548. The first-order chi connectivity index (χ1) is 8.48. The van der Waals surface area contributed by atoms with E-state index < -0.39 is 5.60 Å². The SMILES string of the molecule is CC(C)C1CCCC(O)(Cc2ccc(Br)cn2)C1. The molecule has 0 aliphatic heterocycles. The van der Waals surface area contributed by atoms with E-state index in [0.29, 0.717) is 18.3 Å². The lowest BCUT2D eigenvalue weighted by molar-refractivity contribution is -0.0246. The van der Waals surface area contributed by atoms with E-state index in [4.69, 9.17) is 0 Å². The lowest BCUT2D eigenvalue weighted by Crippen LogP contribution is -2.39. The molecule has 2 unspecified atom stereocenters. The second-order valence-electron chi connectivity index (χ2n) is 5.97. The molecule has 0 bridgehead atoms. The van der Waals surface area contributed by atoms with Crippen LogP contribution in [-0.4, -0.2) is 15.7 Å². The monoisotopic (exact) mass is 311 g/mol. The molecule has 1 saturated carbocycles. The molecule has 18 heavy (non-hydrogen) atoms. The molecule has 1 fully saturated rings. The maximum atomic E-state index is 10.8. The van der Waals surface area contributed by atoms with Gasteiger partial charge in [0.1, 0.15) is 0 Å². The van der Waals surface area contributed by atoms with Gasteiger partial charge in [0.25, 0.3) is 0 Å². The molecule has 3 heteroatoms. The fourth-order valence-electron chi connectivity index (χ4n) is 2.96. The Balaban J connectivity index is 2.04. The van der Waals surface area contributed by atoms with Crippen molar-refractivity contribution in [2.45, 2.75) is 51.6 Å². The molecule has 0 amide bonds. The molecule has 0 spiro atoms. The first-order valence-electron chi connectivity index (χ1n) is 6.81. The smallest absolute Gasteiger partial charge is 0.0705 e. The lowest BCUT2D eigenvalue weighted by atomic mass is 9.72. The van der Waals surface area contributed by atoms with Crippen molar-refractivity contribution >= 4 is 15.9 Å². The Kier molecular flexibility index (Phi) is 4.44. The van der Waals surface area contributed by atoms with E-state index in [1.165, 1.54) is 6.42 Å². The summed E-state index contributed by atoms with van der Waals surface area (Å²) in [4.78, 5) is 4.38. The van der Waals surface area contributed by atoms with E-state index in [0.717, 1.165) is 29.4 Å². The Labute approximate surface area is 118 Å². The lowest BCUT2D eigenvalue weighted by Gasteiger charge is -2.38. The zero-order valence-corrected chi connectivity index (χ0v) is 12.8. The van der Waals surface area contributed by atoms with Crippen molar-refractivity contribution in [3.63, 3.8) is 0 Å². The van der Waals surface area contributed by atoms with Crippen LogP contribution in [0, 0.1) is 11.8 Å². The summed E-state index contributed by atoms with van der Waals surface area (Å²) in [6, 6.07) is 4.00. The summed E-state index contributed by atoms with van der Waals surface area (Å²) in [5.74, 6) is 1.31. The van der Waals surface area contributed by atoms with Crippen molar-refractivity contribution < 1.29 is 5.11 Å². The second-order valence-corrected chi connectivity index (χ2v) is 6.88. The van der Waals surface area contributed by atoms with Crippen LogP contribution in [0.2, 0.25) is 0 Å². The number of aromatic nitrogens is 1. The Morgan fingerprint density at radius 1 is 1.50 bits per heavy atom. The zero-order chi connectivity index (χ0) is 13.2. The Bertz CT molecular complexity index is 390. The highest BCUT2D eigenvalue weighted by molar-refractivity contribution is 9.10. The molecule has 2 atom stereocenters. The van der Waals surface area contributed by atoms with Crippen molar-refractivity contribution in [1.82, 2.24) is 4.98 Å². The van der Waals surface area contributed by atoms with Gasteiger partial charge in [0.05, 0.1) is 5.60 Å². The highest BCUT2D eigenvalue weighted by atomic mass is 79.9. The predicted molar refractivity (Wildman–Crippen MR) is 77.4 cm³/mol. The predicted octanol–water partition coefficient (Wildman–Crippen LogP) is 3.96. The number of pyridine rings is 1. The van der Waals surface area contributed by atoms with Crippen LogP contribution < -0.4 is 0 Å². The number of hydrogen-bond acceptors (Lipinski definition) is 2. The van der Waals surface area contributed by atoms with Gasteiger partial charge in [0.2, 0.25) is 0 Å². The van der Waals surface area contributed by atoms with Gasteiger partial charge in [-0.05, 0) is 59.2 Å². The average molecular weight is 312 g/mol. The Morgan fingerprint density at radius 2 is 2.28 bits per heavy atom. The molecular formula is C15H22BrNO. The second kappa shape index (κ2) is 5.70. The highest BCUT2D eigenvalue weighted by Crippen LogP contribution is 2.38. The molecule has 1 aromatic rings. The van der Waals surface area contributed by atoms with E-state index in [2.05, 4.69) is 34.8 Å². The molecule has 0 aromatic carbocycles. The number of nitrogens with zero attached hydrogens (tertiary/aromatic N) is 1. The van der Waals surface area contributed by atoms with Gasteiger partial charge < -0.3 is 5.11 Å². The summed E-state index contributed by atoms with van der Waals surface area (Å²) in [7, 11) is 0. The van der Waals surface area contributed by atoms with Gasteiger partial charge in [-0.2, -0.15) is 0 Å². The zero-order valence-electron chi connectivity index (χ0n) is 11.2. The third-order valence-corrected chi connectivity index (χ3v) is 4.57. The van der Waals surface area contributed by atoms with Crippen molar-refractivity contribution in [2.75, 3.05) is 0 Å². The quantitative estimate of drug-likeness (QED) is 0.916. The summed E-state index contributed by atoms with van der Waals surface area (Å²) in [5, 5.41) is 10.8. The summed E-state index contributed by atoms with van der Waals surface area (Å²) >= 11 is 3.39. The fraction of sp³-hybridized carbons (Fsp3) is 0.667. The largest absolute Gasteiger partial charge is 0.389 e. The number of aliphatic hydroxyl groups is 1. The van der Waals surface area contributed by atoms with Gasteiger partial charge in [0.15, 0.2) is 0 Å². The van der Waals surface area contributed by atoms with Crippen LogP contribution in [0.25, 0.3) is 0 Å². The van der Waals surface area contributed by atoms with Crippen LogP contribution >= 0.6 is 15.9 Å². The van der Waals surface area contributed by atoms with E-state index in [1.807, 2.05) is 12.1 Å². The van der Waals surface area contributed by atoms with Gasteiger partial charge in [-0.25, -0.2) is 0 Å². The molecule has 2 nitrogen and oxygen atoms in total. The fourth-order valence-corrected chi connectivity index (χ4v) is 3.20. The van der Waals surface area contributed by atoms with Crippen LogP contribution in [0.15, 0.2) is 22.8 Å². The van der Waals surface area contributed by atoms with E-state index >= 15 is 0 Å². The average Bonchev–Trinajstić information content (AvgIpc) is 2.32. The van der Waals surface area contributed by atoms with Crippen molar-refractivity contribution in [2.24, 2.45) is 11.8 Å². The van der Waals surface area contributed by atoms with E-state index in [-0.39, 0.29) is 0 Å². The Hall–Kier alpha value is -0.410. The van der Waals surface area contributed by atoms with Crippen molar-refractivity contribution in [3.05, 3.63) is 28.5 Å². The van der Waals surface area contributed by atoms with Crippen molar-refractivity contribution in [1.29, 1.82) is 0 Å². The van der Waals surface area contributed by atoms with Crippen molar-refractivity contribution in [3.8, 4) is 0 Å². The van der Waals surface area contributed by atoms with E-state index in [1.54, 1.807) is 6.20 Å². The molecule has 1 aliphatic rings. The molecule has 1 aliphatic carbocycles. The first-order valence-corrected chi connectivity index (χ1v) is 7.61. The van der Waals surface area contributed by atoms with Gasteiger partial charge in [-0.15, -0.1) is 0 Å². The summed E-state index contributed by atoms with van der Waals surface area (Å²) in [6.45, 7) is 4.52. The van der Waals surface area contributed by atoms with Crippen LogP contribution in [0.4, 0.5) is 0 Å². The molecule has 0 saturated heterocycles. The normalized spacial score (nSPS) is 28.6. The van der Waals surface area contributed by atoms with Gasteiger partial charge in [0, 0.05) is 22.8 Å². The Morgan fingerprint density at radius 3 is 2.89 bits per heavy atom. The third-order valence-electron chi connectivity index (χ3n) is 4.10. The minimum atomic E-state index is -0.548. The molecule has 2 rings (SSSR count). The maximum absolute atomic E-state index is 10.8. The number of rotatable bonds is 3. The van der Waals surface area contributed by atoms with Crippen LogP contribution in [0.3, 0.4) is 0 Å². The third kappa shape index (κ3) is 3.55. The molecular weight excluding hydrogens is 290 g/mol. The van der Waals surface area contributed by atoms with Crippen LogP contribution in [0.1, 0.15) is 45.2 Å². The maximum Gasteiger partial charge on any atom is 0.0705 e. The minimum Gasteiger partial charge on any atom is -0.389 e. The van der Waals surface area contributed by atoms with Gasteiger partial charge in [-0.1, -0.05) is 20.3 Å². The summed E-state index contributed by atoms with van der Waals surface area (Å²) in [6.07, 6.45) is 6.71. The standard InChI is InChI=1S/C15H22BrNO/c1-11(2)12-4-3-7-15(18,8-12)9-14-6-5-13(16)10-17-14/h5-6,10-12,18H,3-4,7-9H2,1-2H3. The summed E-state index contributed by atoms with van der Waals surface area (Å²) < 4.78 is 0.988. The molecule has 0 radical (unpaired) electrons. The number of hydrogen-bond donors (Lipinski definition) is 1. The van der Waals surface area contributed by atoms with Crippen LogP contribution in [0.5, 0.6) is 0 Å². The number of halogens is 1. The van der Waals surface area contributed by atoms with E-state index in [9.17, 15) is 5.11 Å².